The maximum absolute atomic E-state index is 5.16. The minimum absolute atomic E-state index is 0.240. The molecular formula is C13H29NO. The predicted molar refractivity (Wildman–Crippen MR) is 67.3 cm³/mol. The molecule has 0 aromatic carbocycles. The van der Waals surface area contributed by atoms with Crippen molar-refractivity contribution in [2.24, 2.45) is 5.41 Å². The first-order valence-electron chi connectivity index (χ1n) is 5.91. The van der Waals surface area contributed by atoms with E-state index in [0.29, 0.717) is 5.41 Å². The zero-order valence-corrected chi connectivity index (χ0v) is 11.7. The third-order valence-electron chi connectivity index (χ3n) is 2.65. The van der Waals surface area contributed by atoms with Gasteiger partial charge in [-0.05, 0) is 39.2 Å². The van der Waals surface area contributed by atoms with E-state index in [1.165, 1.54) is 6.42 Å². The lowest BCUT2D eigenvalue weighted by Crippen LogP contribution is -2.44. The van der Waals surface area contributed by atoms with Gasteiger partial charge in [-0.25, -0.2) is 0 Å². The zero-order chi connectivity index (χ0) is 12.1. The van der Waals surface area contributed by atoms with Crippen LogP contribution in [0, 0.1) is 5.41 Å². The zero-order valence-electron chi connectivity index (χ0n) is 11.7. The molecular weight excluding hydrogens is 186 g/mol. The smallest absolute Gasteiger partial charge is 0.0589 e. The van der Waals surface area contributed by atoms with E-state index in [1.807, 2.05) is 0 Å². The van der Waals surface area contributed by atoms with Gasteiger partial charge in [-0.15, -0.1) is 0 Å². The molecule has 0 aliphatic heterocycles. The van der Waals surface area contributed by atoms with Crippen LogP contribution in [0.1, 0.15) is 48.0 Å². The Labute approximate surface area is 96.0 Å². The normalized spacial score (nSPS) is 13.6. The number of methoxy groups -OCH3 is 1. The van der Waals surface area contributed by atoms with E-state index in [2.05, 4.69) is 46.4 Å². The quantitative estimate of drug-likeness (QED) is 0.698. The summed E-state index contributed by atoms with van der Waals surface area (Å²) >= 11 is 0. The first-order chi connectivity index (χ1) is 6.67. The summed E-state index contributed by atoms with van der Waals surface area (Å²) in [5.74, 6) is 0. The van der Waals surface area contributed by atoms with Gasteiger partial charge in [-0.1, -0.05) is 20.8 Å². The maximum Gasteiger partial charge on any atom is 0.0589 e. The predicted octanol–water partition coefficient (Wildman–Crippen LogP) is 3.17. The van der Waals surface area contributed by atoms with E-state index < -0.39 is 0 Å². The molecule has 2 heteroatoms. The summed E-state index contributed by atoms with van der Waals surface area (Å²) in [7, 11) is 1.77. The van der Waals surface area contributed by atoms with Crippen molar-refractivity contribution in [2.75, 3.05) is 26.8 Å². The third kappa shape index (κ3) is 7.80. The molecule has 0 unspecified atom stereocenters. The summed E-state index contributed by atoms with van der Waals surface area (Å²) in [6.45, 7) is 16.7. The molecule has 0 aromatic rings. The molecule has 0 rings (SSSR count). The molecule has 0 N–H and O–H groups in total. The van der Waals surface area contributed by atoms with Crippen molar-refractivity contribution in [3.8, 4) is 0 Å². The van der Waals surface area contributed by atoms with Crippen LogP contribution < -0.4 is 0 Å². The Morgan fingerprint density at radius 3 is 1.80 bits per heavy atom. The van der Waals surface area contributed by atoms with Crippen molar-refractivity contribution >= 4 is 0 Å². The minimum Gasteiger partial charge on any atom is -0.383 e. The van der Waals surface area contributed by atoms with E-state index in [1.54, 1.807) is 7.11 Å². The fourth-order valence-electron chi connectivity index (χ4n) is 1.45. The molecule has 0 aromatic heterocycles. The van der Waals surface area contributed by atoms with Gasteiger partial charge in [0.05, 0.1) is 6.61 Å². The van der Waals surface area contributed by atoms with Crippen molar-refractivity contribution in [3.05, 3.63) is 0 Å². The van der Waals surface area contributed by atoms with Gasteiger partial charge in [0.25, 0.3) is 0 Å². The average Bonchev–Trinajstić information content (AvgIpc) is 1.99. The SMILES string of the molecule is COCCN(CCC(C)(C)C)C(C)(C)C. The highest BCUT2D eigenvalue weighted by Gasteiger charge is 2.22. The highest BCUT2D eigenvalue weighted by atomic mass is 16.5. The van der Waals surface area contributed by atoms with Crippen molar-refractivity contribution in [1.29, 1.82) is 0 Å². The Morgan fingerprint density at radius 1 is 0.933 bits per heavy atom. The van der Waals surface area contributed by atoms with Gasteiger partial charge in [0.2, 0.25) is 0 Å². The van der Waals surface area contributed by atoms with E-state index in [-0.39, 0.29) is 5.54 Å². The molecule has 0 amide bonds. The Morgan fingerprint density at radius 2 is 1.47 bits per heavy atom. The molecule has 0 saturated carbocycles. The molecule has 0 radical (unpaired) electrons. The summed E-state index contributed by atoms with van der Waals surface area (Å²) in [5, 5.41) is 0. The lowest BCUT2D eigenvalue weighted by Gasteiger charge is -2.37. The lowest BCUT2D eigenvalue weighted by atomic mass is 9.91. The van der Waals surface area contributed by atoms with Gasteiger partial charge in [0, 0.05) is 19.2 Å². The van der Waals surface area contributed by atoms with Crippen LogP contribution in [-0.4, -0.2) is 37.2 Å². The summed E-state index contributed by atoms with van der Waals surface area (Å²) < 4.78 is 5.16. The van der Waals surface area contributed by atoms with E-state index in [0.717, 1.165) is 19.7 Å². The van der Waals surface area contributed by atoms with Crippen molar-refractivity contribution < 1.29 is 4.74 Å². The van der Waals surface area contributed by atoms with Gasteiger partial charge >= 0.3 is 0 Å². The first-order valence-corrected chi connectivity index (χ1v) is 5.91. The fourth-order valence-corrected chi connectivity index (χ4v) is 1.45. The Kier molecular flexibility index (Phi) is 5.82. The number of hydrogen-bond acceptors (Lipinski definition) is 2. The standard InChI is InChI=1S/C13H29NO/c1-12(2,3)8-9-14(10-11-15-7)13(4,5)6/h8-11H2,1-7H3. The van der Waals surface area contributed by atoms with Gasteiger partial charge in [-0.3, -0.25) is 4.90 Å². The van der Waals surface area contributed by atoms with Gasteiger partial charge < -0.3 is 4.74 Å². The number of nitrogens with zero attached hydrogens (tertiary/aromatic N) is 1. The monoisotopic (exact) mass is 215 g/mol. The average molecular weight is 215 g/mol. The molecule has 0 spiro atoms. The van der Waals surface area contributed by atoms with Crippen molar-refractivity contribution in [2.45, 2.75) is 53.5 Å². The van der Waals surface area contributed by atoms with Crippen LogP contribution in [0.25, 0.3) is 0 Å². The molecule has 0 bridgehead atoms. The molecule has 2 nitrogen and oxygen atoms in total. The molecule has 0 atom stereocenters. The van der Waals surface area contributed by atoms with Crippen molar-refractivity contribution in [3.63, 3.8) is 0 Å². The number of hydrogen-bond donors (Lipinski definition) is 0. The fraction of sp³-hybridized carbons (Fsp3) is 1.00. The number of ether oxygens (including phenoxy) is 1. The van der Waals surface area contributed by atoms with Crippen LogP contribution in [0.2, 0.25) is 0 Å². The van der Waals surface area contributed by atoms with Crippen LogP contribution in [0.15, 0.2) is 0 Å². The van der Waals surface area contributed by atoms with Gasteiger partial charge in [-0.2, -0.15) is 0 Å². The van der Waals surface area contributed by atoms with Gasteiger partial charge in [0.1, 0.15) is 0 Å². The summed E-state index contributed by atoms with van der Waals surface area (Å²) in [5.41, 5.74) is 0.653. The topological polar surface area (TPSA) is 12.5 Å². The van der Waals surface area contributed by atoms with Crippen LogP contribution in [0.5, 0.6) is 0 Å². The Balaban J connectivity index is 4.14. The highest BCUT2D eigenvalue weighted by molar-refractivity contribution is 4.77. The highest BCUT2D eigenvalue weighted by Crippen LogP contribution is 2.22. The van der Waals surface area contributed by atoms with Crippen LogP contribution in [-0.2, 0) is 4.74 Å². The van der Waals surface area contributed by atoms with Crippen LogP contribution in [0.4, 0.5) is 0 Å². The summed E-state index contributed by atoms with van der Waals surface area (Å²) in [6, 6.07) is 0. The van der Waals surface area contributed by atoms with Crippen LogP contribution >= 0.6 is 0 Å². The molecule has 92 valence electrons. The molecule has 0 fully saturated rings. The van der Waals surface area contributed by atoms with E-state index in [9.17, 15) is 0 Å². The van der Waals surface area contributed by atoms with Crippen molar-refractivity contribution in [1.82, 2.24) is 4.90 Å². The van der Waals surface area contributed by atoms with E-state index in [4.69, 9.17) is 4.74 Å². The summed E-state index contributed by atoms with van der Waals surface area (Å²) in [6.07, 6.45) is 1.23. The second-order valence-corrected chi connectivity index (χ2v) is 6.46. The van der Waals surface area contributed by atoms with E-state index >= 15 is 0 Å². The lowest BCUT2D eigenvalue weighted by molar-refractivity contribution is 0.0771. The first kappa shape index (κ1) is 14.9. The van der Waals surface area contributed by atoms with Gasteiger partial charge in [0.15, 0.2) is 0 Å². The summed E-state index contributed by atoms with van der Waals surface area (Å²) in [4.78, 5) is 2.50. The molecule has 0 aliphatic carbocycles. The minimum atomic E-state index is 0.240. The molecule has 0 aliphatic rings. The second kappa shape index (κ2) is 5.86. The molecule has 15 heavy (non-hydrogen) atoms. The Hall–Kier alpha value is -0.0800. The Bertz CT molecular complexity index is 164. The molecule has 0 heterocycles. The second-order valence-electron chi connectivity index (χ2n) is 6.46. The number of rotatable bonds is 5. The maximum atomic E-state index is 5.16. The largest absolute Gasteiger partial charge is 0.383 e. The molecule has 0 saturated heterocycles. The van der Waals surface area contributed by atoms with Crippen LogP contribution in [0.3, 0.4) is 0 Å². The third-order valence-corrected chi connectivity index (χ3v) is 2.65.